The normalized spacial score (nSPS) is 11.4. The second kappa shape index (κ2) is 4.98. The Kier molecular flexibility index (Phi) is 3.36. The maximum atomic E-state index is 4.80. The number of rotatable bonds is 1. The Labute approximate surface area is 132 Å². The van der Waals surface area contributed by atoms with Crippen LogP contribution in [-0.2, 0) is 0 Å². The average molecular weight is 292 g/mol. The van der Waals surface area contributed by atoms with Crippen molar-refractivity contribution in [3.63, 3.8) is 0 Å². The third-order valence-corrected chi connectivity index (χ3v) is 5.34. The van der Waals surface area contributed by atoms with E-state index in [9.17, 15) is 0 Å². The van der Waals surface area contributed by atoms with Gasteiger partial charge in [-0.15, -0.1) is 0 Å². The van der Waals surface area contributed by atoms with Crippen molar-refractivity contribution in [1.82, 2.24) is 9.38 Å². The maximum absolute atomic E-state index is 4.80. The van der Waals surface area contributed by atoms with Crippen LogP contribution >= 0.6 is 0 Å². The van der Waals surface area contributed by atoms with Crippen molar-refractivity contribution in [2.24, 2.45) is 0 Å². The molecule has 0 unspecified atom stereocenters. The highest BCUT2D eigenvalue weighted by molar-refractivity contribution is 5.78. The second-order valence-electron chi connectivity index (χ2n) is 6.39. The highest BCUT2D eigenvalue weighted by Gasteiger charge is 2.19. The Morgan fingerprint density at radius 2 is 1.27 bits per heavy atom. The monoisotopic (exact) mass is 292 g/mol. The zero-order valence-electron chi connectivity index (χ0n) is 14.6. The van der Waals surface area contributed by atoms with E-state index in [1.165, 1.54) is 44.6 Å². The molecule has 0 amide bonds. The molecule has 0 aliphatic carbocycles. The quantitative estimate of drug-likeness (QED) is 0.605. The standard InChI is InChI=1S/C20H24N2/c1-11-12(2)14(4)19(15(5)13(11)3)20-16(6)21-18-9-8-10-22(18)17(20)7/h8-10H,1-7H3. The molecule has 0 atom stereocenters. The minimum Gasteiger partial charge on any atom is -0.305 e. The van der Waals surface area contributed by atoms with Crippen LogP contribution in [0.5, 0.6) is 0 Å². The molecule has 114 valence electrons. The van der Waals surface area contributed by atoms with Gasteiger partial charge in [0, 0.05) is 23.1 Å². The first-order valence-corrected chi connectivity index (χ1v) is 7.86. The molecular weight excluding hydrogens is 268 g/mol. The first-order chi connectivity index (χ1) is 10.3. The second-order valence-corrected chi connectivity index (χ2v) is 6.39. The molecule has 0 N–H and O–H groups in total. The van der Waals surface area contributed by atoms with Crippen LogP contribution < -0.4 is 0 Å². The molecule has 22 heavy (non-hydrogen) atoms. The predicted octanol–water partition coefficient (Wildman–Crippen LogP) is 5.16. The zero-order chi connectivity index (χ0) is 16.2. The van der Waals surface area contributed by atoms with Crippen LogP contribution in [0.1, 0.15) is 39.2 Å². The smallest absolute Gasteiger partial charge is 0.137 e. The van der Waals surface area contributed by atoms with Gasteiger partial charge in [0.15, 0.2) is 0 Å². The minimum atomic E-state index is 1.02. The summed E-state index contributed by atoms with van der Waals surface area (Å²) in [6.07, 6.45) is 2.10. The Hall–Kier alpha value is -2.09. The SMILES string of the molecule is Cc1nc2cccn2c(C)c1-c1c(C)c(C)c(C)c(C)c1C. The van der Waals surface area contributed by atoms with Gasteiger partial charge in [0.25, 0.3) is 0 Å². The highest BCUT2D eigenvalue weighted by Crippen LogP contribution is 2.37. The number of benzene rings is 1. The lowest BCUT2D eigenvalue weighted by Crippen LogP contribution is -2.05. The van der Waals surface area contributed by atoms with Crippen molar-refractivity contribution < 1.29 is 0 Å². The maximum Gasteiger partial charge on any atom is 0.137 e. The molecule has 3 aromatic rings. The first kappa shape index (κ1) is 14.8. The third-order valence-electron chi connectivity index (χ3n) is 5.34. The van der Waals surface area contributed by atoms with Crippen LogP contribution in [0.4, 0.5) is 0 Å². The van der Waals surface area contributed by atoms with E-state index < -0.39 is 0 Å². The topological polar surface area (TPSA) is 17.3 Å². The van der Waals surface area contributed by atoms with Gasteiger partial charge in [-0.3, -0.25) is 0 Å². The summed E-state index contributed by atoms with van der Waals surface area (Å²) in [7, 11) is 0. The number of nitrogens with zero attached hydrogens (tertiary/aromatic N) is 2. The Bertz CT molecular complexity index is 869. The fourth-order valence-electron chi connectivity index (χ4n) is 3.59. The van der Waals surface area contributed by atoms with E-state index in [1.807, 2.05) is 0 Å². The summed E-state index contributed by atoms with van der Waals surface area (Å²) in [5.41, 5.74) is 13.0. The number of aromatic nitrogens is 2. The summed E-state index contributed by atoms with van der Waals surface area (Å²) in [6.45, 7) is 15.5. The fourth-order valence-corrected chi connectivity index (χ4v) is 3.59. The Balaban J connectivity index is 2.47. The molecule has 0 fully saturated rings. The molecule has 0 aliphatic heterocycles. The van der Waals surface area contributed by atoms with Crippen LogP contribution in [0.2, 0.25) is 0 Å². The van der Waals surface area contributed by atoms with E-state index in [4.69, 9.17) is 4.98 Å². The molecule has 2 aromatic heterocycles. The largest absolute Gasteiger partial charge is 0.305 e. The van der Waals surface area contributed by atoms with Crippen LogP contribution in [0, 0.1) is 48.5 Å². The molecule has 2 heteroatoms. The molecule has 0 saturated carbocycles. The molecule has 2 heterocycles. The summed E-state index contributed by atoms with van der Waals surface area (Å²) in [6, 6.07) is 4.12. The average Bonchev–Trinajstić information content (AvgIpc) is 2.95. The molecule has 2 nitrogen and oxygen atoms in total. The van der Waals surface area contributed by atoms with E-state index in [0.29, 0.717) is 0 Å². The Morgan fingerprint density at radius 1 is 0.727 bits per heavy atom. The molecular formula is C20H24N2. The van der Waals surface area contributed by atoms with E-state index >= 15 is 0 Å². The van der Waals surface area contributed by atoms with Gasteiger partial charge in [0.05, 0.1) is 0 Å². The lowest BCUT2D eigenvalue weighted by Gasteiger charge is -2.22. The molecule has 0 saturated heterocycles. The number of aryl methyl sites for hydroxylation is 2. The lowest BCUT2D eigenvalue weighted by molar-refractivity contribution is 1.03. The summed E-state index contributed by atoms with van der Waals surface area (Å²) in [4.78, 5) is 4.80. The predicted molar refractivity (Wildman–Crippen MR) is 93.8 cm³/mol. The van der Waals surface area contributed by atoms with Gasteiger partial charge < -0.3 is 4.40 Å². The van der Waals surface area contributed by atoms with Crippen LogP contribution in [-0.4, -0.2) is 9.38 Å². The molecule has 0 aliphatic rings. The van der Waals surface area contributed by atoms with Gasteiger partial charge in [-0.2, -0.15) is 0 Å². The van der Waals surface area contributed by atoms with Crippen molar-refractivity contribution in [3.8, 4) is 11.1 Å². The van der Waals surface area contributed by atoms with E-state index in [1.54, 1.807) is 0 Å². The van der Waals surface area contributed by atoms with Crippen molar-refractivity contribution >= 4 is 5.65 Å². The van der Waals surface area contributed by atoms with Crippen molar-refractivity contribution in [2.75, 3.05) is 0 Å². The van der Waals surface area contributed by atoms with Gasteiger partial charge in [0.1, 0.15) is 5.65 Å². The van der Waals surface area contributed by atoms with Crippen LogP contribution in [0.3, 0.4) is 0 Å². The first-order valence-electron chi connectivity index (χ1n) is 7.86. The zero-order valence-corrected chi connectivity index (χ0v) is 14.6. The minimum absolute atomic E-state index is 1.02. The number of hydrogen-bond donors (Lipinski definition) is 0. The van der Waals surface area contributed by atoms with E-state index in [0.717, 1.165) is 11.3 Å². The molecule has 0 radical (unpaired) electrons. The fraction of sp³-hybridized carbons (Fsp3) is 0.350. The van der Waals surface area contributed by atoms with Gasteiger partial charge in [0.2, 0.25) is 0 Å². The highest BCUT2D eigenvalue weighted by atomic mass is 15.0. The van der Waals surface area contributed by atoms with Crippen LogP contribution in [0.15, 0.2) is 18.3 Å². The van der Waals surface area contributed by atoms with Crippen molar-refractivity contribution in [1.29, 1.82) is 0 Å². The molecule has 3 rings (SSSR count). The van der Waals surface area contributed by atoms with Gasteiger partial charge >= 0.3 is 0 Å². The number of hydrogen-bond acceptors (Lipinski definition) is 1. The summed E-state index contributed by atoms with van der Waals surface area (Å²) in [5.74, 6) is 0. The van der Waals surface area contributed by atoms with Crippen molar-refractivity contribution in [3.05, 3.63) is 57.5 Å². The summed E-state index contributed by atoms with van der Waals surface area (Å²) < 4.78 is 2.19. The lowest BCUT2D eigenvalue weighted by atomic mass is 9.85. The number of fused-ring (bicyclic) bond motifs is 1. The van der Waals surface area contributed by atoms with Gasteiger partial charge in [-0.05, 0) is 94.0 Å². The van der Waals surface area contributed by atoms with Gasteiger partial charge in [-0.25, -0.2) is 4.98 Å². The summed E-state index contributed by atoms with van der Waals surface area (Å²) >= 11 is 0. The molecule has 0 bridgehead atoms. The van der Waals surface area contributed by atoms with Gasteiger partial charge in [-0.1, -0.05) is 0 Å². The van der Waals surface area contributed by atoms with E-state index in [-0.39, 0.29) is 0 Å². The molecule has 1 aromatic carbocycles. The van der Waals surface area contributed by atoms with Crippen molar-refractivity contribution in [2.45, 2.75) is 48.5 Å². The Morgan fingerprint density at radius 3 is 1.86 bits per heavy atom. The van der Waals surface area contributed by atoms with E-state index in [2.05, 4.69) is 71.2 Å². The molecule has 0 spiro atoms. The third kappa shape index (κ3) is 1.90. The van der Waals surface area contributed by atoms with Crippen LogP contribution in [0.25, 0.3) is 16.8 Å². The summed E-state index contributed by atoms with van der Waals surface area (Å²) in [5, 5.41) is 0.